The summed E-state index contributed by atoms with van der Waals surface area (Å²) in [6.45, 7) is 0. The number of rotatable bonds is 5. The second-order valence-corrected chi connectivity index (χ2v) is 3.69. The van der Waals surface area contributed by atoms with Crippen LogP contribution in [0.15, 0.2) is 28.8 Å². The number of nitro groups is 1. The van der Waals surface area contributed by atoms with Crippen molar-refractivity contribution in [3.05, 3.63) is 40.3 Å². The molecule has 0 atom stereocenters. The van der Waals surface area contributed by atoms with Crippen LogP contribution in [0.2, 0.25) is 0 Å². The molecular formula is C11H8N3NaO5. The molecule has 0 saturated heterocycles. The molecule has 0 saturated carbocycles. The van der Waals surface area contributed by atoms with Crippen LogP contribution in [0.5, 0.6) is 0 Å². The van der Waals surface area contributed by atoms with E-state index in [0.717, 1.165) is 0 Å². The molecule has 0 bridgehead atoms. The third kappa shape index (κ3) is 4.12. The fourth-order valence-electron chi connectivity index (χ4n) is 1.44. The maximum absolute atomic E-state index is 10.6. The molecule has 0 radical (unpaired) electrons. The zero-order valence-electron chi connectivity index (χ0n) is 10.6. The monoisotopic (exact) mass is 285 g/mol. The van der Waals surface area contributed by atoms with E-state index in [-0.39, 0.29) is 59.8 Å². The maximum atomic E-state index is 10.6. The van der Waals surface area contributed by atoms with Gasteiger partial charge >= 0.3 is 29.6 Å². The van der Waals surface area contributed by atoms with Crippen LogP contribution in [0.3, 0.4) is 0 Å². The van der Waals surface area contributed by atoms with Crippen molar-refractivity contribution in [2.75, 3.05) is 0 Å². The van der Waals surface area contributed by atoms with Crippen molar-refractivity contribution in [2.24, 2.45) is 0 Å². The molecule has 0 spiro atoms. The SMILES string of the molecule is O=C([O-])CCc1nc(-c2cccc([N+](=O)[O-])c2)no1.[Na+]. The number of non-ortho nitro benzene ring substituents is 1. The third-order valence-electron chi connectivity index (χ3n) is 2.33. The summed E-state index contributed by atoms with van der Waals surface area (Å²) in [5, 5.41) is 24.6. The molecule has 0 aliphatic rings. The van der Waals surface area contributed by atoms with Crippen LogP contribution < -0.4 is 34.7 Å². The van der Waals surface area contributed by atoms with Crippen molar-refractivity contribution in [2.45, 2.75) is 12.8 Å². The molecule has 0 unspecified atom stereocenters. The van der Waals surface area contributed by atoms with E-state index in [9.17, 15) is 20.0 Å². The van der Waals surface area contributed by atoms with Gasteiger partial charge in [-0.25, -0.2) is 0 Å². The Labute approximate surface area is 135 Å². The van der Waals surface area contributed by atoms with E-state index in [4.69, 9.17) is 4.52 Å². The first-order chi connectivity index (χ1) is 9.06. The van der Waals surface area contributed by atoms with Crippen LogP contribution in [0, 0.1) is 10.1 Å². The Kier molecular flexibility index (Phi) is 5.81. The predicted molar refractivity (Wildman–Crippen MR) is 59.7 cm³/mol. The van der Waals surface area contributed by atoms with E-state index >= 15 is 0 Å². The van der Waals surface area contributed by atoms with Crippen LogP contribution >= 0.6 is 0 Å². The summed E-state index contributed by atoms with van der Waals surface area (Å²) in [5.41, 5.74) is 0.344. The summed E-state index contributed by atoms with van der Waals surface area (Å²) in [5.74, 6) is -0.891. The van der Waals surface area contributed by atoms with Gasteiger partial charge in [-0.05, 0) is 6.42 Å². The molecule has 9 heteroatoms. The van der Waals surface area contributed by atoms with Crippen LogP contribution in [0.25, 0.3) is 11.4 Å². The number of hydrogen-bond acceptors (Lipinski definition) is 7. The van der Waals surface area contributed by atoms with Crippen molar-refractivity contribution in [3.63, 3.8) is 0 Å². The topological polar surface area (TPSA) is 122 Å². The van der Waals surface area contributed by atoms with Gasteiger partial charge in [0.25, 0.3) is 5.69 Å². The zero-order chi connectivity index (χ0) is 13.8. The molecule has 0 aliphatic heterocycles. The fourth-order valence-corrected chi connectivity index (χ4v) is 1.44. The van der Waals surface area contributed by atoms with E-state index in [0.29, 0.717) is 5.56 Å². The molecule has 1 heterocycles. The van der Waals surface area contributed by atoms with Gasteiger partial charge in [0.05, 0.1) is 4.92 Å². The van der Waals surface area contributed by atoms with Gasteiger partial charge in [0, 0.05) is 30.1 Å². The maximum Gasteiger partial charge on any atom is 1.00 e. The van der Waals surface area contributed by atoms with Crippen molar-refractivity contribution < 1.29 is 48.9 Å². The van der Waals surface area contributed by atoms with Crippen LogP contribution in [-0.4, -0.2) is 21.0 Å². The first kappa shape index (κ1) is 16.3. The van der Waals surface area contributed by atoms with Crippen molar-refractivity contribution >= 4 is 11.7 Å². The summed E-state index contributed by atoms with van der Waals surface area (Å²) in [6.07, 6.45) is -0.166. The van der Waals surface area contributed by atoms with Gasteiger partial charge in [-0.15, -0.1) is 0 Å². The van der Waals surface area contributed by atoms with E-state index in [1.54, 1.807) is 6.07 Å². The van der Waals surface area contributed by atoms with E-state index < -0.39 is 10.9 Å². The van der Waals surface area contributed by atoms with Gasteiger partial charge in [0.2, 0.25) is 11.7 Å². The molecule has 0 aliphatic carbocycles. The van der Waals surface area contributed by atoms with Gasteiger partial charge in [-0.1, -0.05) is 17.3 Å². The first-order valence-corrected chi connectivity index (χ1v) is 5.33. The van der Waals surface area contributed by atoms with Gasteiger partial charge in [0.1, 0.15) is 0 Å². The number of hydrogen-bond donors (Lipinski definition) is 0. The molecule has 8 nitrogen and oxygen atoms in total. The van der Waals surface area contributed by atoms with Crippen molar-refractivity contribution in [1.82, 2.24) is 10.1 Å². The normalized spacial score (nSPS) is 9.80. The number of carboxylic acid groups (broad SMARTS) is 1. The molecule has 1 aromatic heterocycles. The number of aryl methyl sites for hydroxylation is 1. The quantitative estimate of drug-likeness (QED) is 0.333. The van der Waals surface area contributed by atoms with Crippen molar-refractivity contribution in [3.8, 4) is 11.4 Å². The average Bonchev–Trinajstić information content (AvgIpc) is 2.85. The van der Waals surface area contributed by atoms with Crippen LogP contribution in [0.4, 0.5) is 5.69 Å². The first-order valence-electron chi connectivity index (χ1n) is 5.33. The smallest absolute Gasteiger partial charge is 0.550 e. The Morgan fingerprint density at radius 1 is 1.40 bits per heavy atom. The molecule has 0 N–H and O–H groups in total. The van der Waals surface area contributed by atoms with Gasteiger partial charge < -0.3 is 14.4 Å². The van der Waals surface area contributed by atoms with Crippen LogP contribution in [-0.2, 0) is 11.2 Å². The van der Waals surface area contributed by atoms with Crippen LogP contribution in [0.1, 0.15) is 12.3 Å². The zero-order valence-corrected chi connectivity index (χ0v) is 12.6. The minimum absolute atomic E-state index is 0. The minimum atomic E-state index is -1.21. The molecule has 2 rings (SSSR count). The Hall–Kier alpha value is -1.77. The summed E-state index contributed by atoms with van der Waals surface area (Å²) in [7, 11) is 0. The number of carbonyl (C=O) groups excluding carboxylic acids is 1. The largest absolute Gasteiger partial charge is 1.00 e. The number of benzene rings is 1. The van der Waals surface area contributed by atoms with E-state index in [1.165, 1.54) is 18.2 Å². The minimum Gasteiger partial charge on any atom is -0.550 e. The molecule has 0 fully saturated rings. The summed E-state index contributed by atoms with van der Waals surface area (Å²) in [4.78, 5) is 24.4. The van der Waals surface area contributed by atoms with E-state index in [1.807, 2.05) is 0 Å². The Balaban J connectivity index is 0.00000200. The summed E-state index contributed by atoms with van der Waals surface area (Å²) >= 11 is 0. The molecule has 0 amide bonds. The number of aromatic nitrogens is 2. The Bertz CT molecular complexity index is 628. The summed E-state index contributed by atoms with van der Waals surface area (Å²) in [6, 6.07) is 5.76. The number of carbonyl (C=O) groups is 1. The van der Waals surface area contributed by atoms with Gasteiger partial charge in [-0.2, -0.15) is 4.98 Å². The molecule has 98 valence electrons. The number of carboxylic acids is 1. The fraction of sp³-hybridized carbons (Fsp3) is 0.182. The molecule has 20 heavy (non-hydrogen) atoms. The average molecular weight is 285 g/mol. The molecule has 1 aromatic carbocycles. The number of aliphatic carboxylic acids is 1. The Morgan fingerprint density at radius 3 is 2.80 bits per heavy atom. The second kappa shape index (κ2) is 7.13. The standard InChI is InChI=1S/C11H9N3O5.Na/c15-10(16)5-4-9-12-11(13-19-9)7-2-1-3-8(6-7)14(17)18;/h1-3,6H,4-5H2,(H,15,16);/q;+1/p-1. The number of nitro benzene ring substituents is 1. The summed E-state index contributed by atoms with van der Waals surface area (Å²) < 4.78 is 4.85. The van der Waals surface area contributed by atoms with Gasteiger partial charge in [-0.3, -0.25) is 10.1 Å². The van der Waals surface area contributed by atoms with Gasteiger partial charge in [0.15, 0.2) is 0 Å². The van der Waals surface area contributed by atoms with E-state index in [2.05, 4.69) is 10.1 Å². The van der Waals surface area contributed by atoms with Crippen molar-refractivity contribution in [1.29, 1.82) is 0 Å². The second-order valence-electron chi connectivity index (χ2n) is 3.69. The number of nitrogens with zero attached hydrogens (tertiary/aromatic N) is 3. The molecule has 2 aromatic rings. The predicted octanol–water partition coefficient (Wildman–Crippen LogP) is -2.67. The third-order valence-corrected chi connectivity index (χ3v) is 2.33. The molecular weight excluding hydrogens is 277 g/mol. The Morgan fingerprint density at radius 2 is 2.15 bits per heavy atom.